The smallest absolute Gasteiger partial charge is 0.197 e. The minimum atomic E-state index is 0.748. The Labute approximate surface area is 106 Å². The molecule has 1 aromatic carbocycles. The topological polar surface area (TPSA) is 50.9 Å². The van der Waals surface area contributed by atoms with Gasteiger partial charge in [0.05, 0.1) is 5.69 Å². The predicted molar refractivity (Wildman–Crippen MR) is 74.3 cm³/mol. The van der Waals surface area contributed by atoms with Crippen molar-refractivity contribution in [1.82, 2.24) is 4.98 Å². The van der Waals surface area contributed by atoms with Crippen LogP contribution in [0.2, 0.25) is 0 Å². The largest absolute Gasteiger partial charge is 0.300 e. The van der Waals surface area contributed by atoms with Crippen molar-refractivity contribution in [3.8, 4) is 11.3 Å². The van der Waals surface area contributed by atoms with Crippen molar-refractivity contribution >= 4 is 16.5 Å². The van der Waals surface area contributed by atoms with Gasteiger partial charge in [0.15, 0.2) is 5.13 Å². The monoisotopic (exact) mass is 247 g/mol. The van der Waals surface area contributed by atoms with Gasteiger partial charge in [-0.1, -0.05) is 6.07 Å². The molecule has 0 aliphatic rings. The average molecular weight is 247 g/mol. The number of nitrogen functional groups attached to an aromatic ring is 1. The second kappa shape index (κ2) is 4.47. The summed E-state index contributed by atoms with van der Waals surface area (Å²) in [5, 5.41) is 2.79. The minimum absolute atomic E-state index is 0.748. The lowest BCUT2D eigenvalue weighted by atomic mass is 9.93. The van der Waals surface area contributed by atoms with Crippen LogP contribution in [-0.4, -0.2) is 4.98 Å². The Morgan fingerprint density at radius 3 is 2.18 bits per heavy atom. The molecule has 0 amide bonds. The fourth-order valence-corrected chi connectivity index (χ4v) is 2.67. The van der Waals surface area contributed by atoms with Crippen molar-refractivity contribution in [3.05, 3.63) is 33.7 Å². The van der Waals surface area contributed by atoms with E-state index in [4.69, 9.17) is 5.84 Å². The van der Waals surface area contributed by atoms with Crippen molar-refractivity contribution in [2.45, 2.75) is 27.7 Å². The van der Waals surface area contributed by atoms with E-state index < -0.39 is 0 Å². The molecule has 2 rings (SSSR count). The Bertz CT molecular complexity index is 532. The molecule has 0 spiro atoms. The van der Waals surface area contributed by atoms with Gasteiger partial charge in [-0.25, -0.2) is 10.8 Å². The van der Waals surface area contributed by atoms with Gasteiger partial charge in [0.1, 0.15) is 0 Å². The summed E-state index contributed by atoms with van der Waals surface area (Å²) in [5.74, 6) is 5.38. The number of hydrazine groups is 1. The molecule has 90 valence electrons. The molecule has 4 heteroatoms. The number of hydrogen-bond donors (Lipinski definition) is 2. The highest BCUT2D eigenvalue weighted by atomic mass is 32.1. The van der Waals surface area contributed by atoms with Gasteiger partial charge >= 0.3 is 0 Å². The van der Waals surface area contributed by atoms with Crippen molar-refractivity contribution in [2.75, 3.05) is 5.43 Å². The molecule has 17 heavy (non-hydrogen) atoms. The number of nitrogens with zero attached hydrogens (tertiary/aromatic N) is 1. The van der Waals surface area contributed by atoms with Crippen LogP contribution in [0, 0.1) is 27.7 Å². The van der Waals surface area contributed by atoms with Crippen LogP contribution in [0.5, 0.6) is 0 Å². The molecular formula is C13H17N3S. The molecule has 0 aliphatic heterocycles. The van der Waals surface area contributed by atoms with Crippen LogP contribution in [0.15, 0.2) is 11.4 Å². The summed E-state index contributed by atoms with van der Waals surface area (Å²) in [7, 11) is 0. The zero-order valence-corrected chi connectivity index (χ0v) is 11.4. The molecule has 3 nitrogen and oxygen atoms in total. The number of thiazole rings is 1. The fourth-order valence-electron chi connectivity index (χ4n) is 2.06. The number of anilines is 1. The third-order valence-electron chi connectivity index (χ3n) is 3.25. The molecule has 1 aromatic heterocycles. The second-order valence-corrected chi connectivity index (χ2v) is 5.18. The lowest BCUT2D eigenvalue weighted by Gasteiger charge is -2.13. The van der Waals surface area contributed by atoms with Crippen molar-refractivity contribution < 1.29 is 0 Å². The van der Waals surface area contributed by atoms with Crippen LogP contribution >= 0.6 is 11.3 Å². The normalized spacial score (nSPS) is 10.6. The number of nitrogens with one attached hydrogen (secondary N) is 1. The number of aryl methyl sites for hydroxylation is 2. The summed E-state index contributed by atoms with van der Waals surface area (Å²) in [6.45, 7) is 8.57. The Morgan fingerprint density at radius 1 is 1.12 bits per heavy atom. The third-order valence-corrected chi connectivity index (χ3v) is 4.02. The highest BCUT2D eigenvalue weighted by molar-refractivity contribution is 7.14. The summed E-state index contributed by atoms with van der Waals surface area (Å²) in [6, 6.07) is 2.22. The van der Waals surface area contributed by atoms with Gasteiger partial charge in [-0.3, -0.25) is 5.43 Å². The average Bonchev–Trinajstić information content (AvgIpc) is 2.75. The highest BCUT2D eigenvalue weighted by Crippen LogP contribution is 2.33. The first-order valence-corrected chi connectivity index (χ1v) is 6.42. The first-order chi connectivity index (χ1) is 8.04. The van der Waals surface area contributed by atoms with Crippen LogP contribution < -0.4 is 11.3 Å². The van der Waals surface area contributed by atoms with E-state index in [2.05, 4.69) is 44.2 Å². The van der Waals surface area contributed by atoms with E-state index in [9.17, 15) is 0 Å². The molecule has 0 aliphatic carbocycles. The van der Waals surface area contributed by atoms with E-state index >= 15 is 0 Å². The molecule has 0 saturated carbocycles. The summed E-state index contributed by atoms with van der Waals surface area (Å²) < 4.78 is 0. The number of nitrogens with two attached hydrogens (primary N) is 1. The quantitative estimate of drug-likeness (QED) is 0.632. The van der Waals surface area contributed by atoms with Gasteiger partial charge in [0.2, 0.25) is 0 Å². The van der Waals surface area contributed by atoms with Crippen LogP contribution in [0.1, 0.15) is 22.3 Å². The summed E-state index contributed by atoms with van der Waals surface area (Å²) in [5.41, 5.74) is 10.0. The minimum Gasteiger partial charge on any atom is -0.300 e. The van der Waals surface area contributed by atoms with Gasteiger partial charge < -0.3 is 0 Å². The standard InChI is InChI=1S/C13H17N3S/c1-7-5-8(2)10(4)12(9(7)3)11-6-17-13(15-11)16-14/h5-6H,14H2,1-4H3,(H,15,16). The van der Waals surface area contributed by atoms with Gasteiger partial charge in [0, 0.05) is 10.9 Å². The van der Waals surface area contributed by atoms with Gasteiger partial charge in [-0.05, 0) is 49.9 Å². The summed E-state index contributed by atoms with van der Waals surface area (Å²) in [6.07, 6.45) is 0. The van der Waals surface area contributed by atoms with E-state index in [0.717, 1.165) is 10.8 Å². The van der Waals surface area contributed by atoms with Gasteiger partial charge in [0.25, 0.3) is 0 Å². The lowest BCUT2D eigenvalue weighted by molar-refractivity contribution is 1.22. The zero-order valence-electron chi connectivity index (χ0n) is 10.6. The van der Waals surface area contributed by atoms with E-state index in [0.29, 0.717) is 0 Å². The Kier molecular flexibility index (Phi) is 3.17. The SMILES string of the molecule is Cc1cc(C)c(C)c(-c2csc(NN)n2)c1C. The molecule has 2 aromatic rings. The third kappa shape index (κ3) is 2.06. The van der Waals surface area contributed by atoms with E-state index in [1.807, 2.05) is 5.38 Å². The van der Waals surface area contributed by atoms with Gasteiger partial charge in [-0.15, -0.1) is 11.3 Å². The van der Waals surface area contributed by atoms with Crippen molar-refractivity contribution in [1.29, 1.82) is 0 Å². The second-order valence-electron chi connectivity index (χ2n) is 4.32. The predicted octanol–water partition coefficient (Wildman–Crippen LogP) is 3.33. The first-order valence-electron chi connectivity index (χ1n) is 5.54. The number of aromatic nitrogens is 1. The maximum Gasteiger partial charge on any atom is 0.197 e. The molecule has 1 heterocycles. The van der Waals surface area contributed by atoms with Crippen LogP contribution in [-0.2, 0) is 0 Å². The first kappa shape index (κ1) is 12.1. The number of hydrogen-bond acceptors (Lipinski definition) is 4. The molecule has 0 atom stereocenters. The van der Waals surface area contributed by atoms with Crippen LogP contribution in [0.3, 0.4) is 0 Å². The fraction of sp³-hybridized carbons (Fsp3) is 0.308. The zero-order chi connectivity index (χ0) is 12.6. The lowest BCUT2D eigenvalue weighted by Crippen LogP contribution is -2.06. The molecule has 0 radical (unpaired) electrons. The molecule has 0 saturated heterocycles. The van der Waals surface area contributed by atoms with Crippen molar-refractivity contribution in [3.63, 3.8) is 0 Å². The molecule has 0 bridgehead atoms. The maximum absolute atomic E-state index is 5.38. The van der Waals surface area contributed by atoms with E-state index in [-0.39, 0.29) is 0 Å². The number of rotatable bonds is 2. The Hall–Kier alpha value is -1.39. The van der Waals surface area contributed by atoms with E-state index in [1.165, 1.54) is 39.2 Å². The maximum atomic E-state index is 5.38. The van der Waals surface area contributed by atoms with Crippen molar-refractivity contribution in [2.24, 2.45) is 5.84 Å². The Morgan fingerprint density at radius 2 is 1.71 bits per heavy atom. The molecular weight excluding hydrogens is 230 g/mol. The highest BCUT2D eigenvalue weighted by Gasteiger charge is 2.13. The van der Waals surface area contributed by atoms with Gasteiger partial charge in [-0.2, -0.15) is 0 Å². The van der Waals surface area contributed by atoms with Crippen LogP contribution in [0.4, 0.5) is 5.13 Å². The Balaban J connectivity index is 2.65. The number of benzene rings is 1. The summed E-state index contributed by atoms with van der Waals surface area (Å²) in [4.78, 5) is 4.49. The molecule has 0 fully saturated rings. The molecule has 3 N–H and O–H groups in total. The van der Waals surface area contributed by atoms with Crippen LogP contribution in [0.25, 0.3) is 11.3 Å². The molecule has 0 unspecified atom stereocenters. The van der Waals surface area contributed by atoms with E-state index in [1.54, 1.807) is 0 Å². The summed E-state index contributed by atoms with van der Waals surface area (Å²) >= 11 is 1.53.